The van der Waals surface area contributed by atoms with Crippen LogP contribution in [0.3, 0.4) is 0 Å². The van der Waals surface area contributed by atoms with Gasteiger partial charge in [0.05, 0.1) is 41.4 Å². The molecule has 0 aliphatic carbocycles. The highest BCUT2D eigenvalue weighted by Crippen LogP contribution is 2.27. The molecule has 5 aliphatic heterocycles. The average molecular weight is 1630 g/mol. The van der Waals surface area contributed by atoms with Gasteiger partial charge in [0, 0.05) is 161 Å². The number of nitrogens with zero attached hydrogens (tertiary/aromatic N) is 2. The third kappa shape index (κ3) is 35.5. The number of carbonyl (C=O) groups is 15. The number of ketones is 2. The van der Waals surface area contributed by atoms with Crippen molar-refractivity contribution < 1.29 is 82.1 Å². The molecule has 12 amide bonds. The minimum Gasteiger partial charge on any atom is -0.508 e. The number of carbonyl (C=O) groups excluding carboxylic acids is 14. The van der Waals surface area contributed by atoms with E-state index in [9.17, 15) is 82.1 Å². The van der Waals surface area contributed by atoms with Crippen LogP contribution >= 0.6 is 11.8 Å². The van der Waals surface area contributed by atoms with Crippen LogP contribution in [-0.4, -0.2) is 267 Å². The molecular formula is C77H120N20O17S. The lowest BCUT2D eigenvalue weighted by molar-refractivity contribution is -0.141. The molecular weight excluding hydrogens is 1510 g/mol. The highest BCUT2D eigenvalue weighted by molar-refractivity contribution is 8.00. The van der Waals surface area contributed by atoms with Crippen LogP contribution in [0.1, 0.15) is 146 Å². The molecule has 5 fully saturated rings. The van der Waals surface area contributed by atoms with Gasteiger partial charge < -0.3 is 107 Å². The maximum absolute atomic E-state index is 14.3. The zero-order chi connectivity index (χ0) is 83.6. The number of fused-ring (bicyclic) bond motifs is 15. The third-order valence-electron chi connectivity index (χ3n) is 20.0. The number of aromatic hydroxyl groups is 1. The molecule has 0 aromatic heterocycles. The number of amides is 12. The Morgan fingerprint density at radius 1 is 0.574 bits per heavy atom. The number of aliphatic imine (C=N–C) groups is 1. The van der Waals surface area contributed by atoms with Crippen molar-refractivity contribution in [3.63, 3.8) is 0 Å². The van der Waals surface area contributed by atoms with E-state index < -0.39 is 143 Å². The smallest absolute Gasteiger partial charge is 0.305 e. The fraction of sp³-hybridized carbons (Fsp3) is 0.636. The molecule has 7 atom stereocenters. The van der Waals surface area contributed by atoms with Gasteiger partial charge in [-0.1, -0.05) is 68.7 Å². The quantitative estimate of drug-likeness (QED) is 0.0131. The van der Waals surface area contributed by atoms with Gasteiger partial charge in [-0.2, -0.15) is 0 Å². The fourth-order valence-electron chi connectivity index (χ4n) is 13.8. The molecule has 636 valence electrons. The first kappa shape index (κ1) is 94.1. The van der Waals surface area contributed by atoms with Crippen LogP contribution in [0.25, 0.3) is 0 Å². The summed E-state index contributed by atoms with van der Waals surface area (Å²) in [5.74, 6) is -10.7. The Hall–Kier alpha value is -9.73. The zero-order valence-corrected chi connectivity index (χ0v) is 66.7. The van der Waals surface area contributed by atoms with E-state index in [0.29, 0.717) is 122 Å². The molecule has 2 aromatic carbocycles. The molecule has 7 rings (SSSR count). The number of benzene rings is 2. The summed E-state index contributed by atoms with van der Waals surface area (Å²) in [7, 11) is 0. The monoisotopic (exact) mass is 1630 g/mol. The summed E-state index contributed by atoms with van der Waals surface area (Å²) in [4.78, 5) is 205. The van der Waals surface area contributed by atoms with Crippen molar-refractivity contribution in [2.24, 2.45) is 28.1 Å². The van der Waals surface area contributed by atoms with Crippen molar-refractivity contribution in [2.75, 3.05) is 110 Å². The number of imide groups is 1. The van der Waals surface area contributed by atoms with Gasteiger partial charge in [0.1, 0.15) is 23.9 Å². The summed E-state index contributed by atoms with van der Waals surface area (Å²) in [5, 5.41) is 64.5. The van der Waals surface area contributed by atoms with E-state index in [1.165, 1.54) is 12.1 Å². The van der Waals surface area contributed by atoms with Gasteiger partial charge in [0.25, 0.3) is 0 Å². The summed E-state index contributed by atoms with van der Waals surface area (Å²) in [5.41, 5.74) is 16.7. The largest absolute Gasteiger partial charge is 0.508 e. The Bertz CT molecular complexity index is 3570. The van der Waals surface area contributed by atoms with Crippen molar-refractivity contribution in [3.05, 3.63) is 65.7 Å². The van der Waals surface area contributed by atoms with E-state index in [0.717, 1.165) is 23.1 Å². The first-order chi connectivity index (χ1) is 55.1. The molecule has 0 radical (unpaired) electrons. The molecule has 2 aromatic rings. The number of Topliss-reactive ketones (excluding diaryl/α,β-unsaturated/α-hetero) is 2. The molecule has 0 saturated carbocycles. The Kier molecular flexibility index (Phi) is 41.4. The number of nitrogens with two attached hydrogens (primary N) is 3. The second kappa shape index (κ2) is 50.6. The maximum atomic E-state index is 14.3. The number of aliphatic carboxylic acids is 1. The molecule has 0 spiro atoms. The first-order valence-corrected chi connectivity index (χ1v) is 41.0. The fourth-order valence-corrected chi connectivity index (χ4v) is 15.0. The highest BCUT2D eigenvalue weighted by Gasteiger charge is 2.41. The summed E-state index contributed by atoms with van der Waals surface area (Å²) in [6, 6.07) is 8.60. The van der Waals surface area contributed by atoms with E-state index in [4.69, 9.17) is 17.2 Å². The van der Waals surface area contributed by atoms with Gasteiger partial charge in [0.2, 0.25) is 70.9 Å². The Morgan fingerprint density at radius 2 is 1.14 bits per heavy atom. The van der Waals surface area contributed by atoms with E-state index in [1.54, 1.807) is 42.5 Å². The Labute approximate surface area is 674 Å². The number of likely N-dealkylation sites (tertiary alicyclic amines) is 1. The van der Waals surface area contributed by atoms with E-state index >= 15 is 0 Å². The van der Waals surface area contributed by atoms with Gasteiger partial charge in [-0.15, -0.1) is 11.8 Å². The van der Waals surface area contributed by atoms with Gasteiger partial charge in [-0.05, 0) is 87.5 Å². The predicted octanol–water partition coefficient (Wildman–Crippen LogP) is -3.99. The number of phenolic OH excluding ortho intramolecular Hbond substituents is 1. The number of carboxylic acids is 1. The molecule has 37 nitrogen and oxygen atoms in total. The number of guanidine groups is 1. The molecule has 23 N–H and O–H groups in total. The second-order valence-electron chi connectivity index (χ2n) is 29.8. The average Bonchev–Trinajstić information content (AvgIpc) is 1.81. The van der Waals surface area contributed by atoms with Gasteiger partial charge >= 0.3 is 5.97 Å². The highest BCUT2D eigenvalue weighted by atomic mass is 32.2. The third-order valence-corrected chi connectivity index (χ3v) is 21.3. The SMILES string of the molecule is CCCC(=O)NC12CNCCNCC(NC(=O)CCCC(=O)N[C@@H](Cc3ccc(O)cc3)C(=O)CCCCCCC(=O)NC(CSC3CC(=O)N(CCC(=O)NCCCCC4CC(=O)C(Cc5ccccc5)NC(=O)[C@@H](CC(=O)O)NC(=O)CNC(=O)[C@H](CCCN=C(N)N)NC4=O)C3=O)C(N)=O)(CNCCNC1)CNCCNC2. The van der Waals surface area contributed by atoms with Crippen LogP contribution in [-0.2, 0) is 84.8 Å². The first-order valence-electron chi connectivity index (χ1n) is 39.9. The van der Waals surface area contributed by atoms with Gasteiger partial charge in [-0.25, -0.2) is 0 Å². The molecule has 2 bridgehead atoms. The lowest BCUT2D eigenvalue weighted by atomic mass is 9.90. The number of rotatable bonds is 40. The van der Waals surface area contributed by atoms with Crippen LogP contribution in [0.2, 0.25) is 0 Å². The minimum absolute atomic E-state index is 0.00581. The number of unbranched alkanes of at least 4 members (excludes halogenated alkanes) is 4. The summed E-state index contributed by atoms with van der Waals surface area (Å²) >= 11 is 0.959. The van der Waals surface area contributed by atoms with Crippen LogP contribution in [0, 0.1) is 5.92 Å². The topological polar surface area (TPSA) is 571 Å². The number of phenols is 1. The number of nitrogens with one attached hydrogen (secondary N) is 15. The lowest BCUT2D eigenvalue weighted by Gasteiger charge is -2.39. The molecule has 38 heteroatoms. The zero-order valence-electron chi connectivity index (χ0n) is 65.9. The molecule has 5 aliphatic rings. The van der Waals surface area contributed by atoms with Crippen LogP contribution in [0.4, 0.5) is 0 Å². The molecule has 5 heterocycles. The summed E-state index contributed by atoms with van der Waals surface area (Å²) in [6.07, 6.45) is 2.46. The molecule has 5 saturated heterocycles. The number of primary amides is 1. The number of thioether (sulfide) groups is 1. The standard InChI is InChI=1S/C77H120N20O17S/c1-2-14-65(104)95-76-44-81-30-33-84-47-77(48-85-34-31-82-45-76,49-86-35-32-83-46-76)96-66(105)22-12-21-64(103)90-55(38-51-23-25-53(98)26-24-51)59(99)19-8-3-4-9-20-63(102)92-58(70(78)110)43-115-61-41-68(107)97(74(61)114)36-27-62(101)87-28-11-10-17-52-39-60(100)56(37-50-15-6-5-7-16-50)94-73(113)57(40-69(108)109)91-67(106)42-89-72(112)54(93-71(52)111)18-13-29-88-75(79)80/h5-7,15-16,23-26,52,54-58,61,81-86,98H,2-4,8-14,17-22,27-49H2,1H3,(H2,78,110)(H,87,101)(H,89,112)(H,90,103)(H,91,106)(H,92,102)(H,93,111)(H,94,113)(H,95,104)(H,96,105)(H,108,109)(H4,79,80,88)/t52?,54-,55-,56?,57+,58?,61?,76?,77?/m0/s1. The lowest BCUT2D eigenvalue weighted by Crippen LogP contribution is -2.68. The second-order valence-corrected chi connectivity index (χ2v) is 31.0. The van der Waals surface area contributed by atoms with E-state index in [2.05, 4.69) is 84.7 Å². The predicted molar refractivity (Wildman–Crippen MR) is 429 cm³/mol. The van der Waals surface area contributed by atoms with E-state index in [1.807, 2.05) is 6.92 Å². The van der Waals surface area contributed by atoms with Crippen LogP contribution < -0.4 is 97.0 Å². The Morgan fingerprint density at radius 3 is 1.72 bits per heavy atom. The van der Waals surface area contributed by atoms with Crippen LogP contribution in [0.5, 0.6) is 5.75 Å². The van der Waals surface area contributed by atoms with Crippen molar-refractivity contribution in [2.45, 2.75) is 195 Å². The maximum Gasteiger partial charge on any atom is 0.305 e. The van der Waals surface area contributed by atoms with Crippen LogP contribution in [0.15, 0.2) is 59.6 Å². The van der Waals surface area contributed by atoms with E-state index in [-0.39, 0.29) is 145 Å². The van der Waals surface area contributed by atoms with Crippen molar-refractivity contribution in [1.29, 1.82) is 0 Å². The van der Waals surface area contributed by atoms with Crippen molar-refractivity contribution in [3.8, 4) is 5.75 Å². The molecule has 4 unspecified atom stereocenters. The van der Waals surface area contributed by atoms with Crippen molar-refractivity contribution >= 4 is 106 Å². The normalized spacial score (nSPS) is 22.3. The molecule has 115 heavy (non-hydrogen) atoms. The summed E-state index contributed by atoms with van der Waals surface area (Å²) < 4.78 is 0. The summed E-state index contributed by atoms with van der Waals surface area (Å²) in [6.45, 7) is 7.82. The minimum atomic E-state index is -1.65. The number of hydrogen-bond donors (Lipinski definition) is 20. The van der Waals surface area contributed by atoms with Gasteiger partial charge in [-0.3, -0.25) is 81.8 Å². The number of hydrogen-bond acceptors (Lipinski definition) is 24. The van der Waals surface area contributed by atoms with Gasteiger partial charge in [0.15, 0.2) is 17.5 Å². The Balaban J connectivity index is 0.920. The number of carboxylic acid groups (broad SMARTS) is 1. The van der Waals surface area contributed by atoms with Crippen molar-refractivity contribution in [1.82, 2.24) is 84.7 Å².